The van der Waals surface area contributed by atoms with Gasteiger partial charge in [0.15, 0.2) is 24.5 Å². The number of hydrogen-bond acceptors (Lipinski definition) is 5. The summed E-state index contributed by atoms with van der Waals surface area (Å²) in [4.78, 5) is 24.9. The molecule has 2 saturated heterocycles. The Bertz CT molecular complexity index is 561. The van der Waals surface area contributed by atoms with Crippen molar-refractivity contribution in [1.82, 2.24) is 4.90 Å². The number of fused-ring (bicyclic) bond motifs is 1. The maximum atomic E-state index is 12.5. The summed E-state index contributed by atoms with van der Waals surface area (Å²) in [5.74, 6) is -1.35. The first-order valence-electron chi connectivity index (χ1n) is 5.18. The van der Waals surface area contributed by atoms with Crippen molar-refractivity contribution in [2.45, 2.75) is 33.2 Å². The molecule has 0 aromatic rings. The molecular weight excluding hydrogens is 429 g/mol. The van der Waals surface area contributed by atoms with Crippen LogP contribution < -0.4 is 0 Å². The van der Waals surface area contributed by atoms with Crippen LogP contribution in [0.1, 0.15) is 13.8 Å². The first kappa shape index (κ1) is 15.5. The Hall–Kier alpha value is 0.140. The van der Waals surface area contributed by atoms with Gasteiger partial charge in [0.2, 0.25) is 0 Å². The van der Waals surface area contributed by atoms with E-state index in [-0.39, 0.29) is 0 Å². The molecule has 2 fully saturated rings. The highest BCUT2D eigenvalue weighted by atomic mass is 79.9. The van der Waals surface area contributed by atoms with E-state index in [0.717, 1.165) is 4.90 Å². The molecule has 0 aromatic carbocycles. The molecule has 0 aliphatic carbocycles. The van der Waals surface area contributed by atoms with Gasteiger partial charge in [-0.15, -0.1) is 0 Å². The van der Waals surface area contributed by atoms with Gasteiger partial charge >= 0.3 is 5.97 Å². The zero-order valence-corrected chi connectivity index (χ0v) is 14.6. The number of carbonyl (C=O) groups excluding carboxylic acids is 2. The molecule has 2 rings (SSSR count). The molecule has 2 atom stereocenters. The van der Waals surface area contributed by atoms with Crippen molar-refractivity contribution in [2.24, 2.45) is 0 Å². The highest BCUT2D eigenvalue weighted by Crippen LogP contribution is 2.56. The van der Waals surface area contributed by atoms with Gasteiger partial charge in [-0.3, -0.25) is 4.79 Å². The average Bonchev–Trinajstić information content (AvgIpc) is 2.42. The summed E-state index contributed by atoms with van der Waals surface area (Å²) in [5.41, 5.74) is 0. The lowest BCUT2D eigenvalue weighted by Gasteiger charge is -2.45. The summed E-state index contributed by atoms with van der Waals surface area (Å²) in [7, 11) is -3.75. The van der Waals surface area contributed by atoms with Crippen LogP contribution >= 0.6 is 43.5 Å². The van der Waals surface area contributed by atoms with E-state index in [1.165, 1.54) is 13.8 Å². The van der Waals surface area contributed by atoms with Crippen LogP contribution in [-0.2, 0) is 24.2 Å². The van der Waals surface area contributed by atoms with Crippen LogP contribution in [0.3, 0.4) is 0 Å². The van der Waals surface area contributed by atoms with E-state index < -0.39 is 47.2 Å². The molecule has 10 heteroatoms. The molecule has 0 N–H and O–H groups in total. The van der Waals surface area contributed by atoms with Gasteiger partial charge < -0.3 is 9.64 Å². The van der Waals surface area contributed by atoms with Gasteiger partial charge in [0.05, 0.1) is 0 Å². The molecule has 0 bridgehead atoms. The standard InChI is InChI=1S/C9H10Br2ClNO5S/c1-8(2)4(5(14)18-3-12)13-6(15)9(10,11)7(13)19(8,16)17/h4,7H,3H2,1-2H3/t4-,7+/m0/s1. The quantitative estimate of drug-likeness (QED) is 0.364. The molecule has 19 heavy (non-hydrogen) atoms. The minimum absolute atomic E-state index is 0.397. The molecular formula is C9H10Br2ClNO5S. The fraction of sp³-hybridized carbons (Fsp3) is 0.778. The molecule has 0 spiro atoms. The lowest BCUT2D eigenvalue weighted by molar-refractivity contribution is -0.159. The largest absolute Gasteiger partial charge is 0.448 e. The Morgan fingerprint density at radius 3 is 2.47 bits per heavy atom. The fourth-order valence-electron chi connectivity index (χ4n) is 2.40. The zero-order chi connectivity index (χ0) is 14.8. The van der Waals surface area contributed by atoms with Crippen LogP contribution in [0.15, 0.2) is 0 Å². The maximum Gasteiger partial charge on any atom is 0.331 e. The van der Waals surface area contributed by atoms with Crippen LogP contribution in [0, 0.1) is 0 Å². The molecule has 2 aliphatic rings. The van der Waals surface area contributed by atoms with E-state index in [0.29, 0.717) is 0 Å². The van der Waals surface area contributed by atoms with Crippen LogP contribution in [0.25, 0.3) is 0 Å². The lowest BCUT2D eigenvalue weighted by Crippen LogP contribution is -2.69. The Morgan fingerprint density at radius 1 is 1.47 bits per heavy atom. The zero-order valence-electron chi connectivity index (χ0n) is 9.89. The van der Waals surface area contributed by atoms with Crippen LogP contribution in [0.4, 0.5) is 0 Å². The predicted octanol–water partition coefficient (Wildman–Crippen LogP) is 0.956. The third-order valence-electron chi connectivity index (χ3n) is 3.47. The van der Waals surface area contributed by atoms with Gasteiger partial charge in [-0.25, -0.2) is 13.2 Å². The van der Waals surface area contributed by atoms with E-state index >= 15 is 0 Å². The minimum Gasteiger partial charge on any atom is -0.448 e. The number of sulfone groups is 1. The number of rotatable bonds is 2. The SMILES string of the molecule is CC1(C)[C@H](C(=O)OCCl)N2C(=O)C(Br)(Br)[C@H]2S1(=O)=O. The summed E-state index contributed by atoms with van der Waals surface area (Å²) < 4.78 is 26.8. The molecule has 2 heterocycles. The summed E-state index contributed by atoms with van der Waals surface area (Å²) in [5, 5.41) is -1.14. The fourth-order valence-corrected chi connectivity index (χ4v) is 6.94. The van der Waals surface area contributed by atoms with Crippen molar-refractivity contribution in [3.63, 3.8) is 0 Å². The molecule has 6 nitrogen and oxygen atoms in total. The van der Waals surface area contributed by atoms with E-state index in [1.807, 2.05) is 0 Å². The maximum absolute atomic E-state index is 12.5. The Morgan fingerprint density at radius 2 is 2.00 bits per heavy atom. The van der Waals surface area contributed by atoms with Crippen molar-refractivity contribution in [3.05, 3.63) is 0 Å². The number of halogens is 3. The first-order valence-corrected chi connectivity index (χ1v) is 8.84. The number of esters is 1. The van der Waals surface area contributed by atoms with Gasteiger partial charge in [-0.05, 0) is 13.8 Å². The van der Waals surface area contributed by atoms with Gasteiger partial charge in [0, 0.05) is 0 Å². The Balaban J connectivity index is 2.53. The molecule has 1 amide bonds. The molecule has 0 radical (unpaired) electrons. The molecule has 2 aliphatic heterocycles. The lowest BCUT2D eigenvalue weighted by atomic mass is 9.98. The molecule has 108 valence electrons. The van der Waals surface area contributed by atoms with E-state index in [4.69, 9.17) is 11.6 Å². The summed E-state index contributed by atoms with van der Waals surface area (Å²) in [6.45, 7) is 2.79. The first-order chi connectivity index (χ1) is 8.51. The average molecular weight is 440 g/mol. The second-order valence-corrected chi connectivity index (χ2v) is 11.2. The minimum atomic E-state index is -3.75. The van der Waals surface area contributed by atoms with E-state index in [2.05, 4.69) is 36.6 Å². The summed E-state index contributed by atoms with van der Waals surface area (Å²) >= 11 is 11.4. The predicted molar refractivity (Wildman–Crippen MR) is 74.8 cm³/mol. The van der Waals surface area contributed by atoms with Gasteiger partial charge in [-0.1, -0.05) is 43.5 Å². The second kappa shape index (κ2) is 4.32. The summed E-state index contributed by atoms with van der Waals surface area (Å²) in [6.07, 6.45) is 0. The number of alkyl halides is 3. The number of carbonyl (C=O) groups is 2. The van der Waals surface area contributed by atoms with Gasteiger partial charge in [0.1, 0.15) is 10.8 Å². The molecule has 0 unspecified atom stereocenters. The van der Waals surface area contributed by atoms with Crippen molar-refractivity contribution in [2.75, 3.05) is 6.07 Å². The number of ether oxygens (including phenoxy) is 1. The third kappa shape index (κ3) is 1.74. The van der Waals surface area contributed by atoms with Crippen molar-refractivity contribution < 1.29 is 22.7 Å². The topological polar surface area (TPSA) is 80.8 Å². The van der Waals surface area contributed by atoms with Crippen molar-refractivity contribution in [1.29, 1.82) is 0 Å². The highest BCUT2D eigenvalue weighted by Gasteiger charge is 2.77. The Kier molecular flexibility index (Phi) is 3.53. The highest BCUT2D eigenvalue weighted by molar-refractivity contribution is 9.26. The van der Waals surface area contributed by atoms with Crippen LogP contribution in [0.5, 0.6) is 0 Å². The monoisotopic (exact) mass is 437 g/mol. The summed E-state index contributed by atoms with van der Waals surface area (Å²) in [6, 6.07) is -1.59. The third-order valence-corrected chi connectivity index (χ3v) is 8.59. The van der Waals surface area contributed by atoms with Gasteiger partial charge in [-0.2, -0.15) is 0 Å². The number of nitrogens with zero attached hydrogens (tertiary/aromatic N) is 1. The van der Waals surface area contributed by atoms with Crippen LogP contribution in [-0.4, -0.2) is 50.7 Å². The van der Waals surface area contributed by atoms with Crippen molar-refractivity contribution >= 4 is 65.2 Å². The van der Waals surface area contributed by atoms with Crippen LogP contribution in [0.2, 0.25) is 0 Å². The van der Waals surface area contributed by atoms with E-state index in [1.54, 1.807) is 0 Å². The smallest absolute Gasteiger partial charge is 0.331 e. The van der Waals surface area contributed by atoms with E-state index in [9.17, 15) is 18.0 Å². The Labute approximate surface area is 132 Å². The molecule has 0 saturated carbocycles. The number of β-lactam (4-membered cyclic amide) rings is 1. The number of hydrogen-bond donors (Lipinski definition) is 0. The molecule has 0 aromatic heterocycles. The second-order valence-electron chi connectivity index (χ2n) is 4.81. The number of amides is 1. The van der Waals surface area contributed by atoms with Gasteiger partial charge in [0.25, 0.3) is 5.91 Å². The van der Waals surface area contributed by atoms with Crippen molar-refractivity contribution in [3.8, 4) is 0 Å². The normalized spacial score (nSPS) is 33.5.